The van der Waals surface area contributed by atoms with E-state index < -0.39 is 0 Å². The van der Waals surface area contributed by atoms with Crippen LogP contribution in [0.15, 0.2) is 32.3 Å². The van der Waals surface area contributed by atoms with Crippen molar-refractivity contribution >= 4 is 33.3 Å². The lowest BCUT2D eigenvalue weighted by Gasteiger charge is -2.03. The van der Waals surface area contributed by atoms with Crippen molar-refractivity contribution in [1.29, 1.82) is 0 Å². The van der Waals surface area contributed by atoms with Gasteiger partial charge in [0.2, 0.25) is 5.82 Å². The van der Waals surface area contributed by atoms with Crippen molar-refractivity contribution in [3.8, 4) is 0 Å². The average Bonchev–Trinajstić information content (AvgIpc) is 2.91. The average molecular weight is 358 g/mol. The number of aromatic nitrogens is 2. The van der Waals surface area contributed by atoms with Gasteiger partial charge in [-0.05, 0) is 44.4 Å². The van der Waals surface area contributed by atoms with E-state index in [1.165, 1.54) is 18.2 Å². The highest BCUT2D eigenvalue weighted by molar-refractivity contribution is 9.10. The number of aliphatic imine (C=N–C) groups is 1. The zero-order valence-corrected chi connectivity index (χ0v) is 12.7. The van der Waals surface area contributed by atoms with Gasteiger partial charge in [0.05, 0.1) is 12.3 Å². The van der Waals surface area contributed by atoms with Crippen LogP contribution in [0.4, 0.5) is 15.9 Å². The number of anilines is 1. The van der Waals surface area contributed by atoms with E-state index in [1.54, 1.807) is 7.11 Å². The molecule has 2 rings (SSSR count). The predicted octanol–water partition coefficient (Wildman–Crippen LogP) is 2.07. The Morgan fingerprint density at radius 3 is 3.05 bits per heavy atom. The smallest absolute Gasteiger partial charge is 0.202 e. The minimum absolute atomic E-state index is 0.100. The highest BCUT2D eigenvalue weighted by Gasteiger charge is 2.14. The van der Waals surface area contributed by atoms with Crippen LogP contribution in [0.5, 0.6) is 0 Å². The highest BCUT2D eigenvalue weighted by Crippen LogP contribution is 2.26. The number of nitrogens with one attached hydrogen (secondary N) is 1. The third-order valence-electron chi connectivity index (χ3n) is 2.48. The second kappa shape index (κ2) is 7.14. The Morgan fingerprint density at radius 1 is 1.52 bits per heavy atom. The van der Waals surface area contributed by atoms with Crippen LogP contribution in [0.2, 0.25) is 0 Å². The summed E-state index contributed by atoms with van der Waals surface area (Å²) >= 11 is 3.21. The third-order valence-corrected chi connectivity index (χ3v) is 3.12. The van der Waals surface area contributed by atoms with Crippen LogP contribution in [0.3, 0.4) is 0 Å². The van der Waals surface area contributed by atoms with Crippen LogP contribution in [0.25, 0.3) is 0 Å². The van der Waals surface area contributed by atoms with Crippen molar-refractivity contribution in [2.45, 2.75) is 0 Å². The van der Waals surface area contributed by atoms with E-state index in [4.69, 9.17) is 10.5 Å². The summed E-state index contributed by atoms with van der Waals surface area (Å²) in [6.07, 6.45) is 0. The van der Waals surface area contributed by atoms with Crippen molar-refractivity contribution in [3.63, 3.8) is 0 Å². The number of ether oxygens (including phenoxy) is 1. The SMILES string of the molecule is COCCNc1nonc1C(N)=Nc1ccc(F)cc1Br. The Labute approximate surface area is 128 Å². The zero-order valence-electron chi connectivity index (χ0n) is 11.1. The Bertz CT molecular complexity index is 646. The zero-order chi connectivity index (χ0) is 15.2. The van der Waals surface area contributed by atoms with Gasteiger partial charge in [0.25, 0.3) is 0 Å². The number of hydrogen-bond donors (Lipinski definition) is 2. The summed E-state index contributed by atoms with van der Waals surface area (Å²) in [5.41, 5.74) is 6.64. The first-order valence-electron chi connectivity index (χ1n) is 5.96. The van der Waals surface area contributed by atoms with Gasteiger partial charge in [0.15, 0.2) is 11.5 Å². The summed E-state index contributed by atoms with van der Waals surface area (Å²) in [6, 6.07) is 4.08. The third kappa shape index (κ3) is 3.99. The molecule has 0 saturated carbocycles. The fourth-order valence-corrected chi connectivity index (χ4v) is 1.94. The second-order valence-corrected chi connectivity index (χ2v) is 4.83. The summed E-state index contributed by atoms with van der Waals surface area (Å²) < 4.78 is 23.1. The summed E-state index contributed by atoms with van der Waals surface area (Å²) in [5.74, 6) is 0.0967. The number of benzene rings is 1. The molecule has 1 heterocycles. The van der Waals surface area contributed by atoms with E-state index in [0.717, 1.165) is 0 Å². The molecule has 112 valence electrons. The van der Waals surface area contributed by atoms with Gasteiger partial charge >= 0.3 is 0 Å². The molecule has 0 aliphatic heterocycles. The lowest BCUT2D eigenvalue weighted by Crippen LogP contribution is -2.17. The van der Waals surface area contributed by atoms with Gasteiger partial charge in [-0.3, -0.25) is 0 Å². The first-order chi connectivity index (χ1) is 10.1. The molecule has 0 atom stereocenters. The number of methoxy groups -OCH3 is 1. The number of halogens is 2. The maximum Gasteiger partial charge on any atom is 0.202 e. The molecule has 0 aliphatic carbocycles. The molecule has 0 fully saturated rings. The number of hydrogen-bond acceptors (Lipinski definition) is 6. The van der Waals surface area contributed by atoms with Crippen molar-refractivity contribution in [3.05, 3.63) is 34.2 Å². The molecule has 1 aromatic heterocycles. The normalized spacial score (nSPS) is 11.7. The standard InChI is InChI=1S/C12H13BrFN5O2/c1-20-5-4-16-12-10(18-21-19-12)11(15)17-9-3-2-7(14)6-8(9)13/h2-3,6H,4-5H2,1H3,(H2,15,17)(H,16,19). The molecule has 7 nitrogen and oxygen atoms in total. The highest BCUT2D eigenvalue weighted by atomic mass is 79.9. The second-order valence-electron chi connectivity index (χ2n) is 3.97. The van der Waals surface area contributed by atoms with Gasteiger partial charge < -0.3 is 15.8 Å². The lowest BCUT2D eigenvalue weighted by atomic mass is 10.3. The maximum atomic E-state index is 13.0. The molecule has 9 heteroatoms. The quantitative estimate of drug-likeness (QED) is 0.466. The Hall–Kier alpha value is -2.00. The molecule has 1 aromatic carbocycles. The largest absolute Gasteiger partial charge is 0.383 e. The van der Waals surface area contributed by atoms with Gasteiger partial charge in [-0.25, -0.2) is 14.0 Å². The van der Waals surface area contributed by atoms with E-state index >= 15 is 0 Å². The van der Waals surface area contributed by atoms with Crippen molar-refractivity contribution in [2.24, 2.45) is 10.7 Å². The molecule has 0 unspecified atom stereocenters. The number of rotatable bonds is 6. The van der Waals surface area contributed by atoms with Crippen LogP contribution >= 0.6 is 15.9 Å². The lowest BCUT2D eigenvalue weighted by molar-refractivity contribution is 0.210. The predicted molar refractivity (Wildman–Crippen MR) is 79.1 cm³/mol. The molecule has 0 aliphatic rings. The van der Waals surface area contributed by atoms with E-state index in [1.807, 2.05) is 0 Å². The molecular formula is C12H13BrFN5O2. The van der Waals surface area contributed by atoms with Gasteiger partial charge in [-0.2, -0.15) is 0 Å². The first kappa shape index (κ1) is 15.4. The molecule has 2 aromatic rings. The van der Waals surface area contributed by atoms with Crippen molar-refractivity contribution in [2.75, 3.05) is 25.6 Å². The molecular weight excluding hydrogens is 345 g/mol. The monoisotopic (exact) mass is 357 g/mol. The van der Waals surface area contributed by atoms with Gasteiger partial charge in [-0.1, -0.05) is 0 Å². The number of nitrogens with zero attached hydrogens (tertiary/aromatic N) is 3. The van der Waals surface area contributed by atoms with Crippen LogP contribution < -0.4 is 11.1 Å². The Kier molecular flexibility index (Phi) is 5.23. The molecule has 0 saturated heterocycles. The minimum atomic E-state index is -0.371. The summed E-state index contributed by atoms with van der Waals surface area (Å²) in [7, 11) is 1.59. The van der Waals surface area contributed by atoms with E-state index in [2.05, 4.69) is 41.2 Å². The molecule has 21 heavy (non-hydrogen) atoms. The van der Waals surface area contributed by atoms with E-state index in [0.29, 0.717) is 29.1 Å². The molecule has 3 N–H and O–H groups in total. The van der Waals surface area contributed by atoms with Crippen LogP contribution in [0.1, 0.15) is 5.69 Å². The summed E-state index contributed by atoms with van der Waals surface area (Å²) in [6.45, 7) is 1.01. The molecule has 0 bridgehead atoms. The topological polar surface area (TPSA) is 98.6 Å². The van der Waals surface area contributed by atoms with Crippen LogP contribution in [0, 0.1) is 5.82 Å². The van der Waals surface area contributed by atoms with Crippen LogP contribution in [-0.4, -0.2) is 36.4 Å². The van der Waals surface area contributed by atoms with Crippen LogP contribution in [-0.2, 0) is 4.74 Å². The minimum Gasteiger partial charge on any atom is -0.383 e. The fraction of sp³-hybridized carbons (Fsp3) is 0.250. The summed E-state index contributed by atoms with van der Waals surface area (Å²) in [5, 5.41) is 10.4. The van der Waals surface area contributed by atoms with Gasteiger partial charge in [0, 0.05) is 18.1 Å². The van der Waals surface area contributed by atoms with Gasteiger partial charge in [0.1, 0.15) is 5.82 Å². The van der Waals surface area contributed by atoms with E-state index in [-0.39, 0.29) is 17.3 Å². The Morgan fingerprint density at radius 2 is 2.33 bits per heavy atom. The Balaban J connectivity index is 2.21. The molecule has 0 radical (unpaired) electrons. The van der Waals surface area contributed by atoms with Crippen molar-refractivity contribution < 1.29 is 13.8 Å². The number of nitrogens with two attached hydrogens (primary N) is 1. The number of amidine groups is 1. The van der Waals surface area contributed by atoms with Gasteiger partial charge in [-0.15, -0.1) is 0 Å². The maximum absolute atomic E-state index is 13.0. The summed E-state index contributed by atoms with van der Waals surface area (Å²) in [4.78, 5) is 4.18. The van der Waals surface area contributed by atoms with E-state index in [9.17, 15) is 4.39 Å². The van der Waals surface area contributed by atoms with Crippen molar-refractivity contribution in [1.82, 2.24) is 10.3 Å². The molecule has 0 spiro atoms. The first-order valence-corrected chi connectivity index (χ1v) is 6.76. The fourth-order valence-electron chi connectivity index (χ4n) is 1.50. The molecule has 0 amide bonds.